The topological polar surface area (TPSA) is 69.4 Å². The molecule has 0 aromatic carbocycles. The van der Waals surface area contributed by atoms with Crippen molar-refractivity contribution >= 4 is 9.84 Å². The van der Waals surface area contributed by atoms with Crippen molar-refractivity contribution < 1.29 is 13.2 Å². The van der Waals surface area contributed by atoms with E-state index < -0.39 is 9.84 Å². The highest BCUT2D eigenvalue weighted by molar-refractivity contribution is 7.92. The first-order valence-electron chi connectivity index (χ1n) is 5.93. The molecule has 0 amide bonds. The summed E-state index contributed by atoms with van der Waals surface area (Å²) in [5.41, 5.74) is 5.92. The smallest absolute Gasteiger partial charge is 0.154 e. The molecule has 0 heterocycles. The summed E-state index contributed by atoms with van der Waals surface area (Å²) in [7, 11) is -1.46. The van der Waals surface area contributed by atoms with Gasteiger partial charge in [-0.2, -0.15) is 0 Å². The lowest BCUT2D eigenvalue weighted by Crippen LogP contribution is -2.45. The highest BCUT2D eigenvalue weighted by Gasteiger charge is 2.35. The predicted molar refractivity (Wildman–Crippen MR) is 65.1 cm³/mol. The van der Waals surface area contributed by atoms with Gasteiger partial charge in [0.2, 0.25) is 0 Å². The van der Waals surface area contributed by atoms with E-state index in [0.29, 0.717) is 18.9 Å². The van der Waals surface area contributed by atoms with E-state index in [2.05, 4.69) is 6.92 Å². The van der Waals surface area contributed by atoms with Crippen LogP contribution in [0.15, 0.2) is 0 Å². The summed E-state index contributed by atoms with van der Waals surface area (Å²) in [5, 5.41) is -0.340. The Morgan fingerprint density at radius 1 is 1.38 bits per heavy atom. The van der Waals surface area contributed by atoms with E-state index in [0.717, 1.165) is 19.3 Å². The lowest BCUT2D eigenvalue weighted by molar-refractivity contribution is 0.199. The van der Waals surface area contributed by atoms with Gasteiger partial charge in [0, 0.05) is 19.8 Å². The fourth-order valence-corrected chi connectivity index (χ4v) is 4.43. The summed E-state index contributed by atoms with van der Waals surface area (Å²) in [4.78, 5) is 0. The Morgan fingerprint density at radius 2 is 2.06 bits per heavy atom. The molecule has 0 radical (unpaired) electrons. The summed E-state index contributed by atoms with van der Waals surface area (Å²) in [6.07, 6.45) is 3.16. The average Bonchev–Trinajstić information content (AvgIpc) is 2.22. The minimum absolute atomic E-state index is 0.177. The third kappa shape index (κ3) is 3.71. The number of nitrogens with two attached hydrogens (primary N) is 1. The summed E-state index contributed by atoms with van der Waals surface area (Å²) in [6.45, 7) is 2.60. The van der Waals surface area contributed by atoms with Gasteiger partial charge in [-0.05, 0) is 31.6 Å². The highest BCUT2D eigenvalue weighted by atomic mass is 32.2. The Labute approximate surface area is 98.5 Å². The molecule has 0 saturated heterocycles. The SMILES string of the molecule is COCCCS(=O)(=O)C1CC(C)CCC1N. The van der Waals surface area contributed by atoms with Crippen molar-refractivity contribution in [3.8, 4) is 0 Å². The molecule has 3 unspecified atom stereocenters. The lowest BCUT2D eigenvalue weighted by atomic mass is 9.87. The maximum atomic E-state index is 12.1. The van der Waals surface area contributed by atoms with E-state index in [1.54, 1.807) is 7.11 Å². The van der Waals surface area contributed by atoms with E-state index in [1.165, 1.54) is 0 Å². The maximum absolute atomic E-state index is 12.1. The van der Waals surface area contributed by atoms with Crippen LogP contribution in [0.3, 0.4) is 0 Å². The molecule has 1 saturated carbocycles. The molecular weight excluding hydrogens is 226 g/mol. The van der Waals surface area contributed by atoms with E-state index >= 15 is 0 Å². The van der Waals surface area contributed by atoms with Crippen LogP contribution in [-0.4, -0.2) is 39.2 Å². The molecule has 0 aromatic heterocycles. The third-order valence-electron chi connectivity index (χ3n) is 3.34. The Morgan fingerprint density at radius 3 is 2.69 bits per heavy atom. The first-order chi connectivity index (χ1) is 7.47. The minimum Gasteiger partial charge on any atom is -0.385 e. The van der Waals surface area contributed by atoms with Gasteiger partial charge in [0.1, 0.15) is 0 Å². The summed E-state index contributed by atoms with van der Waals surface area (Å²) in [5.74, 6) is 0.674. The van der Waals surface area contributed by atoms with Crippen molar-refractivity contribution in [2.45, 2.75) is 43.9 Å². The molecule has 1 rings (SSSR count). The van der Waals surface area contributed by atoms with Gasteiger partial charge in [0.15, 0.2) is 9.84 Å². The van der Waals surface area contributed by atoms with Crippen LogP contribution in [0.5, 0.6) is 0 Å². The maximum Gasteiger partial charge on any atom is 0.154 e. The Hall–Kier alpha value is -0.130. The molecule has 0 spiro atoms. The van der Waals surface area contributed by atoms with Crippen LogP contribution in [0.25, 0.3) is 0 Å². The first kappa shape index (κ1) is 13.9. The summed E-state index contributed by atoms with van der Waals surface area (Å²) < 4.78 is 29.0. The van der Waals surface area contributed by atoms with Gasteiger partial charge in [-0.25, -0.2) is 8.42 Å². The van der Waals surface area contributed by atoms with E-state index in [1.807, 2.05) is 0 Å². The molecule has 1 aliphatic carbocycles. The van der Waals surface area contributed by atoms with Gasteiger partial charge in [-0.1, -0.05) is 6.92 Å². The van der Waals surface area contributed by atoms with Crippen molar-refractivity contribution in [1.29, 1.82) is 0 Å². The third-order valence-corrected chi connectivity index (χ3v) is 5.67. The second-order valence-electron chi connectivity index (χ2n) is 4.83. The molecule has 3 atom stereocenters. The zero-order valence-corrected chi connectivity index (χ0v) is 11.0. The number of ether oxygens (including phenoxy) is 1. The van der Waals surface area contributed by atoms with Crippen molar-refractivity contribution in [2.75, 3.05) is 19.5 Å². The molecule has 0 bridgehead atoms. The predicted octanol–water partition coefficient (Wildman–Crippen LogP) is 0.954. The zero-order chi connectivity index (χ0) is 12.2. The van der Waals surface area contributed by atoms with Crippen molar-refractivity contribution in [1.82, 2.24) is 0 Å². The number of rotatable bonds is 5. The van der Waals surface area contributed by atoms with Gasteiger partial charge < -0.3 is 10.5 Å². The van der Waals surface area contributed by atoms with Crippen LogP contribution < -0.4 is 5.73 Å². The zero-order valence-electron chi connectivity index (χ0n) is 10.2. The number of methoxy groups -OCH3 is 1. The molecular formula is C11H23NO3S. The molecule has 4 nitrogen and oxygen atoms in total. The van der Waals surface area contributed by atoms with Crippen molar-refractivity contribution in [3.63, 3.8) is 0 Å². The van der Waals surface area contributed by atoms with E-state index in [9.17, 15) is 8.42 Å². The Bertz CT molecular complexity index is 302. The van der Waals surface area contributed by atoms with Crippen LogP contribution in [0.2, 0.25) is 0 Å². The summed E-state index contributed by atoms with van der Waals surface area (Å²) in [6, 6.07) is -0.177. The van der Waals surface area contributed by atoms with Gasteiger partial charge in [0.25, 0.3) is 0 Å². The van der Waals surface area contributed by atoms with Gasteiger partial charge in [-0.15, -0.1) is 0 Å². The lowest BCUT2D eigenvalue weighted by Gasteiger charge is -2.32. The van der Waals surface area contributed by atoms with Gasteiger partial charge in [0.05, 0.1) is 11.0 Å². The molecule has 2 N–H and O–H groups in total. The molecule has 1 aliphatic rings. The van der Waals surface area contributed by atoms with Gasteiger partial charge >= 0.3 is 0 Å². The molecule has 96 valence electrons. The molecule has 0 aromatic rings. The average molecular weight is 249 g/mol. The second-order valence-corrected chi connectivity index (χ2v) is 7.17. The normalized spacial score (nSPS) is 31.6. The fraction of sp³-hybridized carbons (Fsp3) is 1.00. The van der Waals surface area contributed by atoms with Crippen LogP contribution in [0.4, 0.5) is 0 Å². The minimum atomic E-state index is -3.04. The standard InChI is InChI=1S/C11H23NO3S/c1-9-4-5-10(12)11(8-9)16(13,14)7-3-6-15-2/h9-11H,3-8,12H2,1-2H3. The Balaban J connectivity index is 2.58. The monoisotopic (exact) mass is 249 g/mol. The van der Waals surface area contributed by atoms with E-state index in [-0.39, 0.29) is 17.0 Å². The quantitative estimate of drug-likeness (QED) is 0.737. The summed E-state index contributed by atoms with van der Waals surface area (Å²) >= 11 is 0. The first-order valence-corrected chi connectivity index (χ1v) is 7.65. The van der Waals surface area contributed by atoms with Crippen LogP contribution in [0, 0.1) is 5.92 Å². The highest BCUT2D eigenvalue weighted by Crippen LogP contribution is 2.28. The second kappa shape index (κ2) is 5.98. The van der Waals surface area contributed by atoms with Crippen LogP contribution >= 0.6 is 0 Å². The molecule has 5 heteroatoms. The number of hydrogen-bond acceptors (Lipinski definition) is 4. The molecule has 1 fully saturated rings. The largest absolute Gasteiger partial charge is 0.385 e. The number of hydrogen-bond donors (Lipinski definition) is 1. The van der Waals surface area contributed by atoms with Crippen molar-refractivity contribution in [2.24, 2.45) is 11.7 Å². The van der Waals surface area contributed by atoms with Gasteiger partial charge in [-0.3, -0.25) is 0 Å². The Kier molecular flexibility index (Phi) is 5.21. The van der Waals surface area contributed by atoms with Crippen LogP contribution in [-0.2, 0) is 14.6 Å². The molecule has 16 heavy (non-hydrogen) atoms. The number of sulfone groups is 1. The van der Waals surface area contributed by atoms with Crippen LogP contribution in [0.1, 0.15) is 32.6 Å². The van der Waals surface area contributed by atoms with Crippen molar-refractivity contribution in [3.05, 3.63) is 0 Å². The van der Waals surface area contributed by atoms with E-state index in [4.69, 9.17) is 10.5 Å². The fourth-order valence-electron chi connectivity index (χ4n) is 2.32. The molecule has 0 aliphatic heterocycles.